The van der Waals surface area contributed by atoms with Gasteiger partial charge in [0.15, 0.2) is 0 Å². The minimum Gasteiger partial charge on any atom is -0.379 e. The van der Waals surface area contributed by atoms with Crippen LogP contribution in [0.2, 0.25) is 0 Å². The highest BCUT2D eigenvalue weighted by atomic mass is 16.3. The van der Waals surface area contributed by atoms with Crippen LogP contribution in [0.3, 0.4) is 0 Å². The van der Waals surface area contributed by atoms with E-state index in [0.29, 0.717) is 0 Å². The van der Waals surface area contributed by atoms with Crippen LogP contribution in [0.5, 0.6) is 0 Å². The first-order chi connectivity index (χ1) is 6.31. The zero-order valence-electron chi connectivity index (χ0n) is 9.18. The van der Waals surface area contributed by atoms with E-state index in [9.17, 15) is 5.11 Å². The van der Waals surface area contributed by atoms with E-state index in [1.807, 2.05) is 0 Å². The molecule has 0 aliphatic rings. The largest absolute Gasteiger partial charge is 0.379 e. The van der Waals surface area contributed by atoms with Crippen molar-refractivity contribution in [3.8, 4) is 0 Å². The molecule has 0 aromatic carbocycles. The van der Waals surface area contributed by atoms with Crippen LogP contribution >= 0.6 is 0 Å². The van der Waals surface area contributed by atoms with E-state index in [1.165, 1.54) is 25.7 Å². The van der Waals surface area contributed by atoms with Gasteiger partial charge < -0.3 is 5.11 Å². The average Bonchev–Trinajstić information content (AvgIpc) is 2.13. The number of aliphatic hydroxyl groups excluding tert-OH is 1. The third-order valence-electron chi connectivity index (χ3n) is 2.24. The second-order valence-corrected chi connectivity index (χ2v) is 3.67. The van der Waals surface area contributed by atoms with Crippen LogP contribution in [-0.4, -0.2) is 17.9 Å². The fraction of sp³-hybridized carbons (Fsp3) is 1.00. The summed E-state index contributed by atoms with van der Waals surface area (Å²) in [5.74, 6) is 0. The number of unbranched alkanes of at least 4 members (excludes halogenated alkanes) is 4. The molecule has 0 fully saturated rings. The Morgan fingerprint density at radius 2 is 1.69 bits per heavy atom. The molecule has 0 rings (SSSR count). The van der Waals surface area contributed by atoms with Crippen LogP contribution in [0.1, 0.15) is 58.8 Å². The maximum atomic E-state index is 9.46. The van der Waals surface area contributed by atoms with Gasteiger partial charge in [-0.2, -0.15) is 0 Å². The van der Waals surface area contributed by atoms with Gasteiger partial charge in [0.05, 0.1) is 0 Å². The highest BCUT2D eigenvalue weighted by Gasteiger charge is 2.00. The highest BCUT2D eigenvalue weighted by molar-refractivity contribution is 4.54. The molecule has 0 bridgehead atoms. The Kier molecular flexibility index (Phi) is 9.94. The van der Waals surface area contributed by atoms with E-state index < -0.39 is 0 Å². The van der Waals surface area contributed by atoms with Crippen molar-refractivity contribution < 1.29 is 5.11 Å². The topological polar surface area (TPSA) is 32.3 Å². The zero-order chi connectivity index (χ0) is 9.94. The Morgan fingerprint density at radius 1 is 1.00 bits per heavy atom. The Balaban J connectivity index is 3.05. The smallest absolute Gasteiger partial charge is 0.104 e. The number of hydrogen-bond donors (Lipinski definition) is 2. The normalized spacial score (nSPS) is 13.2. The molecule has 1 unspecified atom stereocenters. The number of rotatable bonds is 9. The molecular formula is C11H25NO. The highest BCUT2D eigenvalue weighted by Crippen LogP contribution is 2.03. The Morgan fingerprint density at radius 3 is 2.31 bits per heavy atom. The predicted molar refractivity (Wildman–Crippen MR) is 57.7 cm³/mol. The second kappa shape index (κ2) is 10.0. The van der Waals surface area contributed by atoms with Gasteiger partial charge >= 0.3 is 0 Å². The minimum atomic E-state index is -0.275. The standard InChI is InChI=1S/C11H25NO/c1-3-5-7-8-9-11(13)12-10-6-4-2/h11-13H,3-10H2,1-2H3. The van der Waals surface area contributed by atoms with Gasteiger partial charge in [0.1, 0.15) is 6.23 Å². The van der Waals surface area contributed by atoms with Crippen molar-refractivity contribution in [2.45, 2.75) is 65.0 Å². The van der Waals surface area contributed by atoms with Crippen LogP contribution in [0.15, 0.2) is 0 Å². The van der Waals surface area contributed by atoms with Crippen molar-refractivity contribution in [2.75, 3.05) is 6.54 Å². The fourth-order valence-electron chi connectivity index (χ4n) is 1.31. The van der Waals surface area contributed by atoms with E-state index in [4.69, 9.17) is 0 Å². The first-order valence-electron chi connectivity index (χ1n) is 5.72. The molecule has 0 aliphatic heterocycles. The van der Waals surface area contributed by atoms with Crippen molar-refractivity contribution in [1.29, 1.82) is 0 Å². The van der Waals surface area contributed by atoms with Crippen molar-refractivity contribution in [3.05, 3.63) is 0 Å². The molecule has 2 nitrogen and oxygen atoms in total. The molecule has 0 aliphatic carbocycles. The molecule has 1 atom stereocenters. The molecule has 0 saturated heterocycles. The van der Waals surface area contributed by atoms with E-state index in [2.05, 4.69) is 19.2 Å². The Bertz CT molecular complexity index is 96.1. The number of hydrogen-bond acceptors (Lipinski definition) is 2. The van der Waals surface area contributed by atoms with Crippen molar-refractivity contribution >= 4 is 0 Å². The maximum Gasteiger partial charge on any atom is 0.104 e. The molecule has 0 radical (unpaired) electrons. The molecule has 0 aromatic heterocycles. The molecular weight excluding hydrogens is 162 g/mol. The van der Waals surface area contributed by atoms with Gasteiger partial charge in [-0.1, -0.05) is 39.5 Å². The molecule has 0 aromatic rings. The quantitative estimate of drug-likeness (QED) is 0.429. The number of nitrogens with one attached hydrogen (secondary N) is 1. The van der Waals surface area contributed by atoms with Crippen LogP contribution in [0.4, 0.5) is 0 Å². The summed E-state index contributed by atoms with van der Waals surface area (Å²) in [5, 5.41) is 12.6. The fourth-order valence-corrected chi connectivity index (χ4v) is 1.31. The first kappa shape index (κ1) is 12.9. The van der Waals surface area contributed by atoms with E-state index in [-0.39, 0.29) is 6.23 Å². The van der Waals surface area contributed by atoms with Crippen LogP contribution in [0.25, 0.3) is 0 Å². The molecule has 0 heterocycles. The lowest BCUT2D eigenvalue weighted by molar-refractivity contribution is 0.124. The maximum absolute atomic E-state index is 9.46. The van der Waals surface area contributed by atoms with E-state index in [0.717, 1.165) is 25.8 Å². The van der Waals surface area contributed by atoms with Gasteiger partial charge in [0.2, 0.25) is 0 Å². The van der Waals surface area contributed by atoms with Gasteiger partial charge in [-0.05, 0) is 25.8 Å². The summed E-state index contributed by atoms with van der Waals surface area (Å²) in [6.45, 7) is 5.32. The third kappa shape index (κ3) is 9.84. The second-order valence-electron chi connectivity index (χ2n) is 3.67. The van der Waals surface area contributed by atoms with Gasteiger partial charge in [-0.3, -0.25) is 5.32 Å². The van der Waals surface area contributed by atoms with Crippen molar-refractivity contribution in [3.63, 3.8) is 0 Å². The summed E-state index contributed by atoms with van der Waals surface area (Å²) in [5.41, 5.74) is 0. The molecule has 2 N–H and O–H groups in total. The van der Waals surface area contributed by atoms with Crippen molar-refractivity contribution in [2.24, 2.45) is 0 Å². The van der Waals surface area contributed by atoms with Gasteiger partial charge in [-0.15, -0.1) is 0 Å². The molecule has 0 saturated carbocycles. The van der Waals surface area contributed by atoms with Gasteiger partial charge in [-0.25, -0.2) is 0 Å². The van der Waals surface area contributed by atoms with E-state index >= 15 is 0 Å². The van der Waals surface area contributed by atoms with Crippen molar-refractivity contribution in [1.82, 2.24) is 5.32 Å². The average molecular weight is 187 g/mol. The van der Waals surface area contributed by atoms with Crippen LogP contribution < -0.4 is 5.32 Å². The summed E-state index contributed by atoms with van der Waals surface area (Å²) in [4.78, 5) is 0. The van der Waals surface area contributed by atoms with E-state index in [1.54, 1.807) is 0 Å². The summed E-state index contributed by atoms with van der Waals surface area (Å²) < 4.78 is 0. The third-order valence-corrected chi connectivity index (χ3v) is 2.24. The summed E-state index contributed by atoms with van der Waals surface area (Å²) in [7, 11) is 0. The van der Waals surface area contributed by atoms with Crippen LogP contribution in [-0.2, 0) is 0 Å². The lowest BCUT2D eigenvalue weighted by Gasteiger charge is -2.11. The predicted octanol–water partition coefficient (Wildman–Crippen LogP) is 2.66. The van der Waals surface area contributed by atoms with Crippen LogP contribution in [0, 0.1) is 0 Å². The monoisotopic (exact) mass is 187 g/mol. The molecule has 80 valence electrons. The van der Waals surface area contributed by atoms with Gasteiger partial charge in [0.25, 0.3) is 0 Å². The SMILES string of the molecule is CCCCCCC(O)NCCCC. The molecule has 2 heteroatoms. The summed E-state index contributed by atoms with van der Waals surface area (Å²) in [6.07, 6.45) is 7.94. The minimum absolute atomic E-state index is 0.275. The first-order valence-corrected chi connectivity index (χ1v) is 5.72. The zero-order valence-corrected chi connectivity index (χ0v) is 9.18. The van der Waals surface area contributed by atoms with Gasteiger partial charge in [0, 0.05) is 0 Å². The molecule has 0 amide bonds. The summed E-state index contributed by atoms with van der Waals surface area (Å²) >= 11 is 0. The lowest BCUT2D eigenvalue weighted by Crippen LogP contribution is -2.29. The summed E-state index contributed by atoms with van der Waals surface area (Å²) in [6, 6.07) is 0. The lowest BCUT2D eigenvalue weighted by atomic mass is 10.1. The Labute approximate surface area is 82.7 Å². The molecule has 13 heavy (non-hydrogen) atoms. The molecule has 0 spiro atoms. The number of aliphatic hydroxyl groups is 1. The Hall–Kier alpha value is -0.0800.